The molecule has 1 aliphatic carbocycles. The van der Waals surface area contributed by atoms with Gasteiger partial charge in [0.1, 0.15) is 0 Å². The predicted molar refractivity (Wildman–Crippen MR) is 90.1 cm³/mol. The Kier molecular flexibility index (Phi) is 6.24. The van der Waals surface area contributed by atoms with Gasteiger partial charge in [-0.3, -0.25) is 4.79 Å². The fraction of sp³-hybridized carbons (Fsp3) is 0.588. The highest BCUT2D eigenvalue weighted by Gasteiger charge is 2.26. The van der Waals surface area contributed by atoms with Gasteiger partial charge in [0.15, 0.2) is 0 Å². The van der Waals surface area contributed by atoms with E-state index in [1.54, 1.807) is 0 Å². The zero-order valence-corrected chi connectivity index (χ0v) is 14.1. The molecule has 1 atom stereocenters. The third kappa shape index (κ3) is 4.45. The second kappa shape index (κ2) is 7.28. The van der Waals surface area contributed by atoms with Crippen LogP contribution in [0.25, 0.3) is 0 Å². The number of nitrogens with one attached hydrogen (secondary N) is 1. The van der Waals surface area contributed by atoms with Crippen LogP contribution < -0.4 is 11.1 Å². The van der Waals surface area contributed by atoms with E-state index in [9.17, 15) is 4.79 Å². The summed E-state index contributed by atoms with van der Waals surface area (Å²) in [6.45, 7) is 6.78. The second-order valence-corrected chi connectivity index (χ2v) is 6.65. The molecular formula is C17H27ClN2O. The minimum atomic E-state index is -0.329. The molecule has 0 heterocycles. The van der Waals surface area contributed by atoms with Crippen molar-refractivity contribution in [3.05, 3.63) is 34.9 Å². The summed E-state index contributed by atoms with van der Waals surface area (Å²) < 4.78 is 0. The lowest BCUT2D eigenvalue weighted by molar-refractivity contribution is 0.0898. The monoisotopic (exact) mass is 310 g/mol. The maximum atomic E-state index is 12.4. The predicted octanol–water partition coefficient (Wildman–Crippen LogP) is 3.09. The maximum Gasteiger partial charge on any atom is 0.251 e. The van der Waals surface area contributed by atoms with E-state index in [0.717, 1.165) is 24.8 Å². The van der Waals surface area contributed by atoms with Crippen molar-refractivity contribution in [1.29, 1.82) is 0 Å². The van der Waals surface area contributed by atoms with Crippen LogP contribution in [0.5, 0.6) is 0 Å². The summed E-state index contributed by atoms with van der Waals surface area (Å²) in [5.74, 6) is 0.497. The van der Waals surface area contributed by atoms with Crippen LogP contribution >= 0.6 is 12.4 Å². The molecular weight excluding hydrogens is 284 g/mol. The molecule has 0 aliphatic heterocycles. The van der Waals surface area contributed by atoms with Gasteiger partial charge in [-0.05, 0) is 61.8 Å². The van der Waals surface area contributed by atoms with Gasteiger partial charge in [0.25, 0.3) is 5.91 Å². The Hall–Kier alpha value is -1.06. The molecule has 0 spiro atoms. The van der Waals surface area contributed by atoms with E-state index in [1.165, 1.54) is 17.5 Å². The summed E-state index contributed by atoms with van der Waals surface area (Å²) in [4.78, 5) is 12.4. The minimum Gasteiger partial charge on any atom is -0.346 e. The first kappa shape index (κ1) is 18.0. The fourth-order valence-electron chi connectivity index (χ4n) is 3.15. The lowest BCUT2D eigenvalue weighted by Gasteiger charge is -2.31. The first-order valence-corrected chi connectivity index (χ1v) is 7.58. The van der Waals surface area contributed by atoms with Crippen molar-refractivity contribution < 1.29 is 4.79 Å². The number of aryl methyl sites for hydroxylation is 2. The summed E-state index contributed by atoms with van der Waals surface area (Å²) in [6.07, 6.45) is 4.33. The van der Waals surface area contributed by atoms with Gasteiger partial charge in [-0.2, -0.15) is 0 Å². The summed E-state index contributed by atoms with van der Waals surface area (Å²) in [6, 6.07) is 6.08. The van der Waals surface area contributed by atoms with E-state index in [0.29, 0.717) is 12.5 Å². The standard InChI is InChI=1S/C17H26N2O.ClH/c1-12(2)10-17(3,11-18)19-16(20)15-8-7-13-5-4-6-14(13)9-15;/h7-9,12H,4-6,10-11,18H2,1-3H3,(H,19,20);1H. The van der Waals surface area contributed by atoms with Crippen molar-refractivity contribution in [3.8, 4) is 0 Å². The van der Waals surface area contributed by atoms with Crippen LogP contribution in [0.3, 0.4) is 0 Å². The van der Waals surface area contributed by atoms with Gasteiger partial charge < -0.3 is 11.1 Å². The number of rotatable bonds is 5. The van der Waals surface area contributed by atoms with Crippen molar-refractivity contribution >= 4 is 18.3 Å². The lowest BCUT2D eigenvalue weighted by atomic mass is 9.90. The van der Waals surface area contributed by atoms with Crippen molar-refractivity contribution in [1.82, 2.24) is 5.32 Å². The molecule has 0 fully saturated rings. The van der Waals surface area contributed by atoms with Gasteiger partial charge in [0.2, 0.25) is 0 Å². The van der Waals surface area contributed by atoms with Crippen molar-refractivity contribution in [2.24, 2.45) is 11.7 Å². The van der Waals surface area contributed by atoms with E-state index >= 15 is 0 Å². The smallest absolute Gasteiger partial charge is 0.251 e. The zero-order valence-electron chi connectivity index (χ0n) is 13.2. The number of benzene rings is 1. The molecule has 4 heteroatoms. The molecule has 1 aliphatic rings. The van der Waals surface area contributed by atoms with Gasteiger partial charge in [0.05, 0.1) is 0 Å². The molecule has 118 valence electrons. The summed E-state index contributed by atoms with van der Waals surface area (Å²) in [5, 5.41) is 3.12. The Morgan fingerprint density at radius 2 is 2.00 bits per heavy atom. The number of carbonyl (C=O) groups is 1. The third-order valence-electron chi connectivity index (χ3n) is 4.09. The van der Waals surface area contributed by atoms with Crippen molar-refractivity contribution in [2.75, 3.05) is 6.54 Å². The number of nitrogens with two attached hydrogens (primary N) is 1. The van der Waals surface area contributed by atoms with Crippen LogP contribution in [0.1, 0.15) is 55.1 Å². The summed E-state index contributed by atoms with van der Waals surface area (Å²) >= 11 is 0. The quantitative estimate of drug-likeness (QED) is 0.878. The number of halogens is 1. The van der Waals surface area contributed by atoms with Crippen LogP contribution in [0.15, 0.2) is 18.2 Å². The fourth-order valence-corrected chi connectivity index (χ4v) is 3.15. The highest BCUT2D eigenvalue weighted by molar-refractivity contribution is 5.95. The first-order valence-electron chi connectivity index (χ1n) is 7.58. The molecule has 1 aromatic rings. The topological polar surface area (TPSA) is 55.1 Å². The van der Waals surface area contributed by atoms with Gasteiger partial charge in [-0.15, -0.1) is 12.4 Å². The van der Waals surface area contributed by atoms with Crippen molar-refractivity contribution in [2.45, 2.75) is 52.0 Å². The SMILES string of the molecule is CC(C)CC(C)(CN)NC(=O)c1ccc2c(c1)CCC2.Cl. The highest BCUT2D eigenvalue weighted by Crippen LogP contribution is 2.23. The molecule has 0 saturated heterocycles. The second-order valence-electron chi connectivity index (χ2n) is 6.65. The molecule has 1 aromatic carbocycles. The molecule has 3 nitrogen and oxygen atoms in total. The van der Waals surface area contributed by atoms with Crippen LogP contribution in [0, 0.1) is 5.92 Å². The van der Waals surface area contributed by atoms with E-state index in [2.05, 4.69) is 25.2 Å². The average molecular weight is 311 g/mol. The number of carbonyl (C=O) groups excluding carboxylic acids is 1. The number of hydrogen-bond acceptors (Lipinski definition) is 2. The van der Waals surface area contributed by atoms with Gasteiger partial charge in [0, 0.05) is 17.6 Å². The molecule has 0 radical (unpaired) electrons. The molecule has 2 rings (SSSR count). The van der Waals surface area contributed by atoms with Crippen LogP contribution in [-0.2, 0) is 12.8 Å². The van der Waals surface area contributed by atoms with Crippen LogP contribution in [0.2, 0.25) is 0 Å². The Bertz CT molecular complexity index is 502. The Labute approximate surface area is 134 Å². The van der Waals surface area contributed by atoms with Gasteiger partial charge >= 0.3 is 0 Å². The lowest BCUT2D eigenvalue weighted by Crippen LogP contribution is -2.52. The van der Waals surface area contributed by atoms with Crippen LogP contribution in [-0.4, -0.2) is 18.0 Å². The van der Waals surface area contributed by atoms with Crippen molar-refractivity contribution in [3.63, 3.8) is 0 Å². The molecule has 0 aromatic heterocycles. The molecule has 0 bridgehead atoms. The summed E-state index contributed by atoms with van der Waals surface area (Å²) in [7, 11) is 0. The molecule has 1 amide bonds. The number of hydrogen-bond donors (Lipinski definition) is 2. The van der Waals surface area contributed by atoms with Crippen LogP contribution in [0.4, 0.5) is 0 Å². The molecule has 3 N–H and O–H groups in total. The first-order chi connectivity index (χ1) is 9.43. The average Bonchev–Trinajstić information content (AvgIpc) is 2.84. The van der Waals surface area contributed by atoms with Gasteiger partial charge in [-0.1, -0.05) is 19.9 Å². The van der Waals surface area contributed by atoms with E-state index in [-0.39, 0.29) is 23.9 Å². The summed E-state index contributed by atoms with van der Waals surface area (Å²) in [5.41, 5.74) is 9.01. The van der Waals surface area contributed by atoms with E-state index in [1.807, 2.05) is 19.1 Å². The zero-order chi connectivity index (χ0) is 14.8. The van der Waals surface area contributed by atoms with E-state index < -0.39 is 0 Å². The third-order valence-corrected chi connectivity index (χ3v) is 4.09. The Morgan fingerprint density at radius 3 is 2.62 bits per heavy atom. The largest absolute Gasteiger partial charge is 0.346 e. The minimum absolute atomic E-state index is 0. The Balaban J connectivity index is 0.00000220. The van der Waals surface area contributed by atoms with E-state index in [4.69, 9.17) is 5.73 Å². The van der Waals surface area contributed by atoms with Gasteiger partial charge in [-0.25, -0.2) is 0 Å². The molecule has 1 unspecified atom stereocenters. The normalized spacial score (nSPS) is 16.0. The number of amides is 1. The number of fused-ring (bicyclic) bond motifs is 1. The highest BCUT2D eigenvalue weighted by atomic mass is 35.5. The Morgan fingerprint density at radius 1 is 1.33 bits per heavy atom. The molecule has 21 heavy (non-hydrogen) atoms. The maximum absolute atomic E-state index is 12.4. The molecule has 0 saturated carbocycles.